The minimum absolute atomic E-state index is 0.00221. The highest BCUT2D eigenvalue weighted by atomic mass is 35.5. The molecule has 0 aliphatic carbocycles. The summed E-state index contributed by atoms with van der Waals surface area (Å²) in [5, 5.41) is 5.64. The Kier molecular flexibility index (Phi) is 7.66. The lowest BCUT2D eigenvalue weighted by molar-refractivity contribution is -0.117. The number of benzene rings is 1. The molecule has 1 fully saturated rings. The number of likely N-dealkylation sites (N-methyl/N-ethyl adjacent to an activating group) is 1. The van der Waals surface area contributed by atoms with E-state index >= 15 is 0 Å². The number of aromatic nitrogens is 1. The van der Waals surface area contributed by atoms with Gasteiger partial charge in [-0.15, -0.1) is 11.3 Å². The zero-order valence-electron chi connectivity index (χ0n) is 19.2. The van der Waals surface area contributed by atoms with E-state index in [4.69, 9.17) is 11.6 Å². The maximum Gasteiger partial charge on any atom is 0.261 e. The van der Waals surface area contributed by atoms with Crippen LogP contribution < -0.4 is 16.2 Å². The number of rotatable bonds is 7. The lowest BCUT2D eigenvalue weighted by Crippen LogP contribution is -2.48. The average Bonchev–Trinajstić information content (AvgIpc) is 3.41. The normalized spacial score (nSPS) is 18.1. The van der Waals surface area contributed by atoms with Crippen LogP contribution in [-0.2, 0) is 4.79 Å². The molecule has 0 spiro atoms. The Balaban J connectivity index is 1.38. The molecule has 35 heavy (non-hydrogen) atoms. The van der Waals surface area contributed by atoms with Crippen LogP contribution in [0.5, 0.6) is 0 Å². The number of halogens is 2. The van der Waals surface area contributed by atoms with E-state index in [2.05, 4.69) is 10.6 Å². The van der Waals surface area contributed by atoms with Crippen molar-refractivity contribution in [3.05, 3.63) is 80.1 Å². The summed E-state index contributed by atoms with van der Waals surface area (Å²) in [6.07, 6.45) is 1.55. The third-order valence-electron chi connectivity index (χ3n) is 5.84. The number of likely N-dealkylation sites (tertiary alicyclic amines) is 1. The predicted molar refractivity (Wildman–Crippen MR) is 135 cm³/mol. The van der Waals surface area contributed by atoms with Gasteiger partial charge in [-0.2, -0.15) is 0 Å². The maximum absolute atomic E-state index is 14.7. The smallest absolute Gasteiger partial charge is 0.261 e. The van der Waals surface area contributed by atoms with Gasteiger partial charge in [0.25, 0.3) is 11.5 Å². The highest BCUT2D eigenvalue weighted by Gasteiger charge is 2.36. The first-order chi connectivity index (χ1) is 16.7. The number of anilines is 1. The second-order valence-electron chi connectivity index (χ2n) is 8.53. The summed E-state index contributed by atoms with van der Waals surface area (Å²) in [6, 6.07) is 12.1. The van der Waals surface area contributed by atoms with Crippen molar-refractivity contribution in [2.75, 3.05) is 39.0 Å². The maximum atomic E-state index is 14.7. The SMILES string of the molecule is CN(C)C1CN(CC(=O)Nc2ccc(-n3ccccc3=O)cc2F)CC1NC(=O)c1ccc(Cl)s1. The Morgan fingerprint density at radius 2 is 1.97 bits per heavy atom. The number of amides is 2. The Hall–Kier alpha value is -3.05. The Bertz CT molecular complexity index is 1290. The van der Waals surface area contributed by atoms with E-state index in [1.807, 2.05) is 23.9 Å². The van der Waals surface area contributed by atoms with Gasteiger partial charge < -0.3 is 15.5 Å². The number of hydrogen-bond donors (Lipinski definition) is 2. The van der Waals surface area contributed by atoms with Gasteiger partial charge in [0.2, 0.25) is 5.91 Å². The molecule has 2 N–H and O–H groups in total. The molecule has 3 aromatic rings. The number of nitrogens with zero attached hydrogens (tertiary/aromatic N) is 3. The van der Waals surface area contributed by atoms with Crippen LogP contribution >= 0.6 is 22.9 Å². The van der Waals surface area contributed by atoms with Crippen LogP contribution in [0.15, 0.2) is 59.5 Å². The van der Waals surface area contributed by atoms with Crippen molar-refractivity contribution in [3.8, 4) is 5.69 Å². The largest absolute Gasteiger partial charge is 0.346 e. The summed E-state index contributed by atoms with van der Waals surface area (Å²) in [4.78, 5) is 41.7. The lowest BCUT2D eigenvalue weighted by atomic mass is 10.1. The molecule has 184 valence electrons. The highest BCUT2D eigenvalue weighted by molar-refractivity contribution is 7.18. The molecule has 1 saturated heterocycles. The molecule has 2 atom stereocenters. The van der Waals surface area contributed by atoms with E-state index in [0.29, 0.717) is 28.0 Å². The second-order valence-corrected chi connectivity index (χ2v) is 10.2. The first-order valence-electron chi connectivity index (χ1n) is 10.9. The van der Waals surface area contributed by atoms with Crippen molar-refractivity contribution in [2.45, 2.75) is 12.1 Å². The van der Waals surface area contributed by atoms with Crippen LogP contribution in [-0.4, -0.2) is 72.0 Å². The molecule has 1 aliphatic heterocycles. The molecular formula is C24H25ClFN5O3S. The standard InChI is InChI=1S/C24H25ClFN5O3S/c1-29(2)19-13-30(12-18(19)28-24(34)20-8-9-21(25)35-20)14-22(32)27-17-7-6-15(11-16(17)26)31-10-4-3-5-23(31)33/h3-11,18-19H,12-14H2,1-2H3,(H,27,32)(H,28,34). The quantitative estimate of drug-likeness (QED) is 0.503. The molecule has 2 unspecified atom stereocenters. The number of hydrogen-bond acceptors (Lipinski definition) is 6. The fourth-order valence-corrected chi connectivity index (χ4v) is 5.07. The van der Waals surface area contributed by atoms with Gasteiger partial charge in [-0.05, 0) is 44.4 Å². The number of thiophene rings is 1. The van der Waals surface area contributed by atoms with Crippen LogP contribution in [0.4, 0.5) is 10.1 Å². The van der Waals surface area contributed by atoms with Gasteiger partial charge >= 0.3 is 0 Å². The molecule has 0 saturated carbocycles. The molecule has 11 heteroatoms. The molecular weight excluding hydrogens is 493 g/mol. The van der Waals surface area contributed by atoms with Gasteiger partial charge in [0, 0.05) is 37.5 Å². The zero-order chi connectivity index (χ0) is 25.1. The fourth-order valence-electron chi connectivity index (χ4n) is 4.12. The van der Waals surface area contributed by atoms with Crippen molar-refractivity contribution in [1.82, 2.24) is 19.7 Å². The summed E-state index contributed by atoms with van der Waals surface area (Å²) in [6.45, 7) is 1.08. The topological polar surface area (TPSA) is 86.7 Å². The fraction of sp³-hybridized carbons (Fsp3) is 0.292. The van der Waals surface area contributed by atoms with Crippen molar-refractivity contribution >= 4 is 40.4 Å². The van der Waals surface area contributed by atoms with Gasteiger partial charge in [0.15, 0.2) is 0 Å². The third-order valence-corrected chi connectivity index (χ3v) is 7.07. The third kappa shape index (κ3) is 5.96. The monoisotopic (exact) mass is 517 g/mol. The summed E-state index contributed by atoms with van der Waals surface area (Å²) >= 11 is 7.15. The Morgan fingerprint density at radius 3 is 2.63 bits per heavy atom. The van der Waals surface area contributed by atoms with E-state index in [-0.39, 0.29) is 41.7 Å². The van der Waals surface area contributed by atoms with Crippen LogP contribution in [0.2, 0.25) is 4.34 Å². The molecule has 1 aromatic carbocycles. The van der Waals surface area contributed by atoms with Gasteiger partial charge in [-0.25, -0.2) is 4.39 Å². The highest BCUT2D eigenvalue weighted by Crippen LogP contribution is 2.23. The first-order valence-corrected chi connectivity index (χ1v) is 12.1. The minimum atomic E-state index is -0.640. The van der Waals surface area contributed by atoms with Gasteiger partial charge in [-0.3, -0.25) is 23.9 Å². The van der Waals surface area contributed by atoms with Crippen molar-refractivity contribution < 1.29 is 14.0 Å². The van der Waals surface area contributed by atoms with Crippen LogP contribution in [0.3, 0.4) is 0 Å². The molecule has 0 bridgehead atoms. The van der Waals surface area contributed by atoms with Gasteiger partial charge in [-0.1, -0.05) is 17.7 Å². The van der Waals surface area contributed by atoms with E-state index < -0.39 is 5.82 Å². The zero-order valence-corrected chi connectivity index (χ0v) is 20.8. The van der Waals surface area contributed by atoms with E-state index in [1.165, 1.54) is 34.1 Å². The molecule has 0 radical (unpaired) electrons. The van der Waals surface area contributed by atoms with Crippen LogP contribution in [0.1, 0.15) is 9.67 Å². The molecule has 8 nitrogen and oxygen atoms in total. The van der Waals surface area contributed by atoms with Crippen molar-refractivity contribution in [3.63, 3.8) is 0 Å². The number of pyridine rings is 1. The molecule has 2 amide bonds. The number of carbonyl (C=O) groups is 2. The molecule has 1 aliphatic rings. The average molecular weight is 518 g/mol. The summed E-state index contributed by atoms with van der Waals surface area (Å²) < 4.78 is 16.5. The summed E-state index contributed by atoms with van der Waals surface area (Å²) in [7, 11) is 3.84. The summed E-state index contributed by atoms with van der Waals surface area (Å²) in [5.41, 5.74) is 0.118. The molecule has 2 aromatic heterocycles. The molecule has 3 heterocycles. The first kappa shape index (κ1) is 25.1. The van der Waals surface area contributed by atoms with Crippen LogP contribution in [0.25, 0.3) is 5.69 Å². The Labute approximate surface area is 210 Å². The van der Waals surface area contributed by atoms with E-state index in [0.717, 1.165) is 0 Å². The number of carbonyl (C=O) groups excluding carboxylic acids is 2. The Morgan fingerprint density at radius 1 is 1.17 bits per heavy atom. The van der Waals surface area contributed by atoms with E-state index in [9.17, 15) is 18.8 Å². The summed E-state index contributed by atoms with van der Waals surface area (Å²) in [5.74, 6) is -1.22. The minimum Gasteiger partial charge on any atom is -0.346 e. The van der Waals surface area contributed by atoms with Crippen molar-refractivity contribution in [2.24, 2.45) is 0 Å². The second kappa shape index (κ2) is 10.7. The van der Waals surface area contributed by atoms with Gasteiger partial charge in [0.1, 0.15) is 5.82 Å². The predicted octanol–water partition coefficient (Wildman–Crippen LogP) is 2.67. The number of nitrogens with one attached hydrogen (secondary N) is 2. The van der Waals surface area contributed by atoms with E-state index in [1.54, 1.807) is 36.5 Å². The van der Waals surface area contributed by atoms with Gasteiger partial charge in [0.05, 0.1) is 33.2 Å². The molecule has 4 rings (SSSR count). The van der Waals surface area contributed by atoms with Crippen LogP contribution in [0, 0.1) is 5.82 Å². The lowest BCUT2D eigenvalue weighted by Gasteiger charge is -2.25. The van der Waals surface area contributed by atoms with Crippen molar-refractivity contribution in [1.29, 1.82) is 0 Å².